The highest BCUT2D eigenvalue weighted by molar-refractivity contribution is 7.14. The zero-order valence-corrected chi connectivity index (χ0v) is 12.7. The van der Waals surface area contributed by atoms with Gasteiger partial charge in [0.15, 0.2) is 5.13 Å². The van der Waals surface area contributed by atoms with Crippen molar-refractivity contribution in [1.29, 1.82) is 0 Å². The minimum absolute atomic E-state index is 0.247. The van der Waals surface area contributed by atoms with E-state index in [4.69, 9.17) is 5.73 Å². The predicted molar refractivity (Wildman–Crippen MR) is 84.3 cm³/mol. The maximum atomic E-state index is 12.2. The lowest BCUT2D eigenvalue weighted by Crippen LogP contribution is -2.12. The van der Waals surface area contributed by atoms with Crippen molar-refractivity contribution < 1.29 is 4.79 Å². The molecule has 108 valence electrons. The highest BCUT2D eigenvalue weighted by atomic mass is 32.1. The van der Waals surface area contributed by atoms with Crippen LogP contribution in [0.2, 0.25) is 0 Å². The average Bonchev–Trinajstić information content (AvgIpc) is 2.94. The van der Waals surface area contributed by atoms with Crippen LogP contribution in [0, 0.1) is 11.8 Å². The standard InChI is InChI=1S/C15H16N4OS/c1-10(2)13-9-21-15(18-13)19-14(20)12-6-11(4-3-5-16)7-17-8-12/h6-10H,5,16H2,1-2H3,(H,18,19,20). The molecule has 2 aromatic rings. The molecule has 0 fully saturated rings. The Balaban J connectivity index is 2.12. The summed E-state index contributed by atoms with van der Waals surface area (Å²) in [6.45, 7) is 4.39. The molecule has 2 aromatic heterocycles. The lowest BCUT2D eigenvalue weighted by Gasteiger charge is -2.02. The van der Waals surface area contributed by atoms with Crippen LogP contribution in [0.3, 0.4) is 0 Å². The van der Waals surface area contributed by atoms with Crippen LogP contribution in [0.25, 0.3) is 0 Å². The van der Waals surface area contributed by atoms with E-state index >= 15 is 0 Å². The predicted octanol–water partition coefficient (Wildman–Crippen LogP) is 2.22. The fourth-order valence-corrected chi connectivity index (χ4v) is 2.43. The van der Waals surface area contributed by atoms with Crippen molar-refractivity contribution in [3.05, 3.63) is 40.7 Å². The highest BCUT2D eigenvalue weighted by Crippen LogP contribution is 2.21. The number of amides is 1. The summed E-state index contributed by atoms with van der Waals surface area (Å²) in [6.07, 6.45) is 3.10. The van der Waals surface area contributed by atoms with Gasteiger partial charge in [-0.2, -0.15) is 0 Å². The van der Waals surface area contributed by atoms with E-state index in [1.54, 1.807) is 12.3 Å². The van der Waals surface area contributed by atoms with E-state index < -0.39 is 0 Å². The number of thiazole rings is 1. The number of anilines is 1. The third kappa shape index (κ3) is 4.12. The van der Waals surface area contributed by atoms with Crippen LogP contribution in [0.5, 0.6) is 0 Å². The number of carbonyl (C=O) groups is 1. The third-order valence-corrected chi connectivity index (χ3v) is 3.45. The highest BCUT2D eigenvalue weighted by Gasteiger charge is 2.11. The molecule has 0 atom stereocenters. The van der Waals surface area contributed by atoms with E-state index in [1.807, 2.05) is 5.38 Å². The third-order valence-electron chi connectivity index (χ3n) is 2.67. The Morgan fingerprint density at radius 2 is 2.29 bits per heavy atom. The zero-order chi connectivity index (χ0) is 15.2. The van der Waals surface area contributed by atoms with Gasteiger partial charge >= 0.3 is 0 Å². The molecule has 0 radical (unpaired) electrons. The minimum atomic E-state index is -0.247. The molecule has 0 bridgehead atoms. The Morgan fingerprint density at radius 3 is 2.95 bits per heavy atom. The molecule has 1 amide bonds. The first-order valence-electron chi connectivity index (χ1n) is 6.51. The lowest BCUT2D eigenvalue weighted by molar-refractivity contribution is 0.102. The maximum absolute atomic E-state index is 12.2. The lowest BCUT2D eigenvalue weighted by atomic mass is 10.2. The van der Waals surface area contributed by atoms with Gasteiger partial charge in [0.25, 0.3) is 5.91 Å². The van der Waals surface area contributed by atoms with Gasteiger partial charge in [0.2, 0.25) is 0 Å². The number of hydrogen-bond donors (Lipinski definition) is 2. The van der Waals surface area contributed by atoms with Crippen molar-refractivity contribution in [2.75, 3.05) is 11.9 Å². The monoisotopic (exact) mass is 300 g/mol. The molecule has 2 heterocycles. The van der Waals surface area contributed by atoms with Crippen LogP contribution in [-0.4, -0.2) is 22.4 Å². The van der Waals surface area contributed by atoms with E-state index in [2.05, 4.69) is 41.0 Å². The van der Waals surface area contributed by atoms with Crippen molar-refractivity contribution in [3.63, 3.8) is 0 Å². The van der Waals surface area contributed by atoms with Crippen molar-refractivity contribution in [1.82, 2.24) is 9.97 Å². The summed E-state index contributed by atoms with van der Waals surface area (Å²) in [7, 11) is 0. The first-order chi connectivity index (χ1) is 10.1. The summed E-state index contributed by atoms with van der Waals surface area (Å²) in [4.78, 5) is 20.5. The Morgan fingerprint density at radius 1 is 1.48 bits per heavy atom. The molecule has 0 unspecified atom stereocenters. The molecule has 0 aliphatic heterocycles. The van der Waals surface area contributed by atoms with Crippen LogP contribution in [0.4, 0.5) is 5.13 Å². The zero-order valence-electron chi connectivity index (χ0n) is 11.9. The Kier molecular flexibility index (Phi) is 5.04. The van der Waals surface area contributed by atoms with Crippen molar-refractivity contribution in [3.8, 4) is 11.8 Å². The fourth-order valence-electron chi connectivity index (χ4n) is 1.56. The van der Waals surface area contributed by atoms with Gasteiger partial charge in [-0.1, -0.05) is 25.7 Å². The molecule has 21 heavy (non-hydrogen) atoms. The number of nitrogens with two attached hydrogens (primary N) is 1. The van der Waals surface area contributed by atoms with Crippen LogP contribution in [-0.2, 0) is 0 Å². The SMILES string of the molecule is CC(C)c1csc(NC(=O)c2cncc(C#CCN)c2)n1. The number of carbonyl (C=O) groups excluding carboxylic acids is 1. The van der Waals surface area contributed by atoms with Gasteiger partial charge in [-0.25, -0.2) is 4.98 Å². The summed E-state index contributed by atoms with van der Waals surface area (Å²) >= 11 is 1.41. The smallest absolute Gasteiger partial charge is 0.259 e. The number of nitrogens with zero attached hydrogens (tertiary/aromatic N) is 2. The van der Waals surface area contributed by atoms with Crippen molar-refractivity contribution in [2.45, 2.75) is 19.8 Å². The summed E-state index contributed by atoms with van der Waals surface area (Å²) < 4.78 is 0. The van der Waals surface area contributed by atoms with Gasteiger partial charge in [-0.3, -0.25) is 15.1 Å². The number of aromatic nitrogens is 2. The molecular weight excluding hydrogens is 284 g/mol. The van der Waals surface area contributed by atoms with E-state index in [0.29, 0.717) is 22.2 Å². The van der Waals surface area contributed by atoms with Gasteiger partial charge in [0.1, 0.15) is 0 Å². The molecule has 0 aliphatic carbocycles. The normalized spacial score (nSPS) is 10.1. The molecule has 6 heteroatoms. The second-order valence-electron chi connectivity index (χ2n) is 4.65. The average molecular weight is 300 g/mol. The van der Waals surface area contributed by atoms with Crippen LogP contribution >= 0.6 is 11.3 Å². The van der Waals surface area contributed by atoms with Gasteiger partial charge in [0, 0.05) is 23.3 Å². The minimum Gasteiger partial charge on any atom is -0.320 e. The Hall–Kier alpha value is -2.23. The fraction of sp³-hybridized carbons (Fsp3) is 0.267. The number of nitrogens with one attached hydrogen (secondary N) is 1. The Labute approximate surface area is 127 Å². The van der Waals surface area contributed by atoms with E-state index in [0.717, 1.165) is 5.69 Å². The van der Waals surface area contributed by atoms with E-state index in [-0.39, 0.29) is 12.5 Å². The van der Waals surface area contributed by atoms with Gasteiger partial charge in [-0.15, -0.1) is 11.3 Å². The molecule has 0 spiro atoms. The summed E-state index contributed by atoms with van der Waals surface area (Å²) in [5.41, 5.74) is 7.40. The van der Waals surface area contributed by atoms with Gasteiger partial charge in [-0.05, 0) is 12.0 Å². The Bertz CT molecular complexity index is 697. The maximum Gasteiger partial charge on any atom is 0.259 e. The van der Waals surface area contributed by atoms with Crippen molar-refractivity contribution in [2.24, 2.45) is 5.73 Å². The molecule has 0 saturated carbocycles. The van der Waals surface area contributed by atoms with Gasteiger partial charge in [0.05, 0.1) is 17.8 Å². The van der Waals surface area contributed by atoms with Gasteiger partial charge < -0.3 is 5.73 Å². The summed E-state index contributed by atoms with van der Waals surface area (Å²) in [5, 5.41) is 5.30. The second-order valence-corrected chi connectivity index (χ2v) is 5.51. The number of pyridine rings is 1. The molecule has 0 saturated heterocycles. The molecule has 0 aliphatic rings. The molecular formula is C15H16N4OS. The van der Waals surface area contributed by atoms with Crippen LogP contribution < -0.4 is 11.1 Å². The second kappa shape index (κ2) is 6.97. The van der Waals surface area contributed by atoms with Crippen LogP contribution in [0.1, 0.15) is 41.4 Å². The quantitative estimate of drug-likeness (QED) is 0.852. The number of rotatable bonds is 3. The summed E-state index contributed by atoms with van der Waals surface area (Å²) in [5.74, 6) is 5.67. The largest absolute Gasteiger partial charge is 0.320 e. The molecule has 5 nitrogen and oxygen atoms in total. The first-order valence-corrected chi connectivity index (χ1v) is 7.39. The molecule has 2 rings (SSSR count). The van der Waals surface area contributed by atoms with E-state index in [1.165, 1.54) is 17.5 Å². The summed E-state index contributed by atoms with van der Waals surface area (Å²) in [6, 6.07) is 1.68. The van der Waals surface area contributed by atoms with E-state index in [9.17, 15) is 4.79 Å². The molecule has 3 N–H and O–H groups in total. The first kappa shape index (κ1) is 15.2. The topological polar surface area (TPSA) is 80.9 Å². The number of hydrogen-bond acceptors (Lipinski definition) is 5. The van der Waals surface area contributed by atoms with Crippen molar-refractivity contribution >= 4 is 22.4 Å². The molecule has 0 aromatic carbocycles. The van der Waals surface area contributed by atoms with Crippen LogP contribution in [0.15, 0.2) is 23.8 Å².